The van der Waals surface area contributed by atoms with Gasteiger partial charge in [0.15, 0.2) is 0 Å². The lowest BCUT2D eigenvalue weighted by atomic mass is 9.76. The van der Waals surface area contributed by atoms with Gasteiger partial charge in [-0.2, -0.15) is 0 Å². The van der Waals surface area contributed by atoms with Crippen molar-refractivity contribution < 1.29 is 9.53 Å². The smallest absolute Gasteiger partial charge is 0.145 e. The molecule has 0 saturated heterocycles. The Hall–Kier alpha value is -3.53. The number of carbonyl (C=O) groups excluding carboxylic acids is 1. The molecule has 0 aliphatic rings. The maximum absolute atomic E-state index is 11.6. The molecule has 0 aliphatic heterocycles. The highest BCUT2D eigenvalue weighted by molar-refractivity contribution is 5.72. The molecular weight excluding hydrogens is 408 g/mol. The van der Waals surface area contributed by atoms with Gasteiger partial charge in [-0.05, 0) is 65.6 Å². The Bertz CT molecular complexity index is 1010. The summed E-state index contributed by atoms with van der Waals surface area (Å²) in [7, 11) is 9.85. The van der Waals surface area contributed by atoms with Gasteiger partial charge < -0.3 is 14.5 Å². The summed E-state index contributed by atoms with van der Waals surface area (Å²) < 4.78 is 5.37. The Morgan fingerprint density at radius 3 is 1.52 bits per heavy atom. The molecule has 172 valence electrons. The van der Waals surface area contributed by atoms with E-state index in [0.717, 1.165) is 34.5 Å². The van der Waals surface area contributed by atoms with E-state index in [0.29, 0.717) is 0 Å². The first-order valence-electron chi connectivity index (χ1n) is 11.2. The number of rotatable bonds is 9. The lowest BCUT2D eigenvalue weighted by molar-refractivity contribution is -0.104. The number of anilines is 2. The first-order chi connectivity index (χ1) is 15.8. The van der Waals surface area contributed by atoms with Crippen LogP contribution in [0.4, 0.5) is 11.4 Å². The molecule has 0 saturated carbocycles. The first kappa shape index (κ1) is 24.1. The van der Waals surface area contributed by atoms with Crippen LogP contribution in [-0.2, 0) is 4.79 Å². The lowest BCUT2D eigenvalue weighted by Crippen LogP contribution is -2.14. The van der Waals surface area contributed by atoms with Crippen molar-refractivity contribution in [1.82, 2.24) is 0 Å². The van der Waals surface area contributed by atoms with Crippen LogP contribution in [0.3, 0.4) is 0 Å². The van der Waals surface area contributed by atoms with Crippen LogP contribution >= 0.6 is 0 Å². The third-order valence-corrected chi connectivity index (χ3v) is 6.03. The maximum Gasteiger partial charge on any atom is 0.145 e. The largest absolute Gasteiger partial charge is 0.497 e. The SMILES string of the molecule is COc1ccc([C@H](/C=C(\C)C=O)C(c2ccc(N(C)C)cc2)c2ccc(N(C)C)cc2)cc1. The lowest BCUT2D eigenvalue weighted by Gasteiger charge is -2.28. The van der Waals surface area contributed by atoms with Crippen molar-refractivity contribution in [3.05, 3.63) is 101 Å². The van der Waals surface area contributed by atoms with Crippen molar-refractivity contribution in [3.63, 3.8) is 0 Å². The van der Waals surface area contributed by atoms with Crippen LogP contribution in [0.5, 0.6) is 5.75 Å². The minimum atomic E-state index is -0.0171. The fourth-order valence-electron chi connectivity index (χ4n) is 4.10. The van der Waals surface area contributed by atoms with E-state index in [1.54, 1.807) is 7.11 Å². The van der Waals surface area contributed by atoms with E-state index in [9.17, 15) is 4.79 Å². The second kappa shape index (κ2) is 10.9. The molecule has 0 fully saturated rings. The minimum Gasteiger partial charge on any atom is -0.497 e. The predicted octanol–water partition coefficient (Wildman–Crippen LogP) is 5.89. The monoisotopic (exact) mass is 442 g/mol. The Labute approximate surface area is 198 Å². The topological polar surface area (TPSA) is 32.8 Å². The molecule has 0 radical (unpaired) electrons. The minimum absolute atomic E-state index is 0.0171. The number of hydrogen-bond acceptors (Lipinski definition) is 4. The zero-order chi connectivity index (χ0) is 24.0. The third kappa shape index (κ3) is 5.83. The van der Waals surface area contributed by atoms with Crippen molar-refractivity contribution in [3.8, 4) is 5.75 Å². The Morgan fingerprint density at radius 1 is 0.727 bits per heavy atom. The van der Waals surface area contributed by atoms with E-state index in [2.05, 4.69) is 76.5 Å². The summed E-state index contributed by atoms with van der Waals surface area (Å²) in [6.07, 6.45) is 3.01. The molecule has 0 aliphatic carbocycles. The molecule has 0 bridgehead atoms. The number of carbonyl (C=O) groups is 1. The summed E-state index contributed by atoms with van der Waals surface area (Å²) in [4.78, 5) is 15.8. The molecular formula is C29H34N2O2. The standard InChI is InChI=1S/C29H34N2O2/c1-21(20-32)19-28(22-11-17-27(33-6)18-12-22)29(23-7-13-25(14-8-23)30(2)3)24-9-15-26(16-10-24)31(4)5/h7-20,28-29H,1-6H3/b21-19+/t28-/m0/s1. The Balaban J connectivity index is 2.18. The second-order valence-corrected chi connectivity index (χ2v) is 8.78. The Kier molecular flexibility index (Phi) is 7.94. The van der Waals surface area contributed by atoms with E-state index in [4.69, 9.17) is 4.74 Å². The molecule has 3 aromatic carbocycles. The fraction of sp³-hybridized carbons (Fsp3) is 0.276. The number of hydrogen-bond donors (Lipinski definition) is 0. The van der Waals surface area contributed by atoms with Crippen LogP contribution in [0.1, 0.15) is 35.4 Å². The number of allylic oxidation sites excluding steroid dienone is 2. The van der Waals surface area contributed by atoms with Crippen molar-refractivity contribution in [2.45, 2.75) is 18.8 Å². The van der Waals surface area contributed by atoms with Crippen LogP contribution in [0.2, 0.25) is 0 Å². The molecule has 0 amide bonds. The quantitative estimate of drug-likeness (QED) is 0.306. The van der Waals surface area contributed by atoms with E-state index in [1.165, 1.54) is 11.1 Å². The van der Waals surface area contributed by atoms with Gasteiger partial charge in [0, 0.05) is 51.4 Å². The van der Waals surface area contributed by atoms with Crippen LogP contribution in [0, 0.1) is 0 Å². The van der Waals surface area contributed by atoms with Crippen molar-refractivity contribution in [2.75, 3.05) is 45.1 Å². The molecule has 0 unspecified atom stereocenters. The normalized spacial score (nSPS) is 12.4. The van der Waals surface area contributed by atoms with Gasteiger partial charge >= 0.3 is 0 Å². The van der Waals surface area contributed by atoms with Gasteiger partial charge in [-0.1, -0.05) is 42.5 Å². The molecule has 4 nitrogen and oxygen atoms in total. The third-order valence-electron chi connectivity index (χ3n) is 6.03. The van der Waals surface area contributed by atoms with Crippen LogP contribution in [0.15, 0.2) is 84.4 Å². The van der Waals surface area contributed by atoms with E-state index < -0.39 is 0 Å². The molecule has 0 N–H and O–H groups in total. The highest BCUT2D eigenvalue weighted by Gasteiger charge is 2.26. The van der Waals surface area contributed by atoms with E-state index in [1.807, 2.05) is 47.2 Å². The fourth-order valence-corrected chi connectivity index (χ4v) is 4.10. The molecule has 1 atom stereocenters. The van der Waals surface area contributed by atoms with Gasteiger partial charge in [0.25, 0.3) is 0 Å². The average molecular weight is 443 g/mol. The van der Waals surface area contributed by atoms with Crippen LogP contribution in [-0.4, -0.2) is 41.6 Å². The summed E-state index contributed by atoms with van der Waals surface area (Å²) >= 11 is 0. The highest BCUT2D eigenvalue weighted by Crippen LogP contribution is 2.41. The molecule has 0 spiro atoms. The van der Waals surface area contributed by atoms with Crippen molar-refractivity contribution >= 4 is 17.7 Å². The number of benzene rings is 3. The zero-order valence-corrected chi connectivity index (χ0v) is 20.4. The summed E-state index contributed by atoms with van der Waals surface area (Å²) in [5.74, 6) is 0.841. The van der Waals surface area contributed by atoms with Gasteiger partial charge in [0.1, 0.15) is 12.0 Å². The molecule has 0 aromatic heterocycles. The number of aldehydes is 1. The molecule has 3 rings (SSSR count). The van der Waals surface area contributed by atoms with Gasteiger partial charge in [-0.25, -0.2) is 0 Å². The predicted molar refractivity (Wildman–Crippen MR) is 139 cm³/mol. The summed E-state index contributed by atoms with van der Waals surface area (Å²) in [5.41, 5.74) is 6.57. The van der Waals surface area contributed by atoms with E-state index >= 15 is 0 Å². The summed E-state index contributed by atoms with van der Waals surface area (Å²) in [5, 5.41) is 0. The summed E-state index contributed by atoms with van der Waals surface area (Å²) in [6.45, 7) is 1.87. The van der Waals surface area contributed by atoms with Gasteiger partial charge in [0.2, 0.25) is 0 Å². The Morgan fingerprint density at radius 2 is 1.15 bits per heavy atom. The van der Waals surface area contributed by atoms with Gasteiger partial charge in [-0.3, -0.25) is 4.79 Å². The van der Waals surface area contributed by atoms with Crippen LogP contribution in [0.25, 0.3) is 0 Å². The van der Waals surface area contributed by atoms with Crippen LogP contribution < -0.4 is 14.5 Å². The number of methoxy groups -OCH3 is 1. The first-order valence-corrected chi connectivity index (χ1v) is 11.2. The second-order valence-electron chi connectivity index (χ2n) is 8.78. The number of nitrogens with zero attached hydrogens (tertiary/aromatic N) is 2. The molecule has 3 aromatic rings. The highest BCUT2D eigenvalue weighted by atomic mass is 16.5. The van der Waals surface area contributed by atoms with Gasteiger partial charge in [-0.15, -0.1) is 0 Å². The van der Waals surface area contributed by atoms with Crippen molar-refractivity contribution in [2.24, 2.45) is 0 Å². The molecule has 4 heteroatoms. The number of ether oxygens (including phenoxy) is 1. The average Bonchev–Trinajstić information content (AvgIpc) is 2.84. The van der Waals surface area contributed by atoms with Crippen molar-refractivity contribution in [1.29, 1.82) is 0 Å². The molecule has 0 heterocycles. The molecule has 33 heavy (non-hydrogen) atoms. The maximum atomic E-state index is 11.6. The summed E-state index contributed by atoms with van der Waals surface area (Å²) in [6, 6.07) is 25.5. The van der Waals surface area contributed by atoms with Gasteiger partial charge in [0.05, 0.1) is 7.11 Å². The zero-order valence-electron chi connectivity index (χ0n) is 20.4. The van der Waals surface area contributed by atoms with E-state index in [-0.39, 0.29) is 11.8 Å².